The lowest BCUT2D eigenvalue weighted by Gasteiger charge is -2.34. The maximum atomic E-state index is 9.36. The second-order valence-corrected chi connectivity index (χ2v) is 5.37. The minimum atomic E-state index is 0.164. The van der Waals surface area contributed by atoms with Gasteiger partial charge in [-0.3, -0.25) is 0 Å². The molecular weight excluding hydrogens is 222 g/mol. The molecule has 1 aliphatic carbocycles. The molecule has 2 rings (SSSR count). The summed E-state index contributed by atoms with van der Waals surface area (Å²) in [4.78, 5) is 4.40. The van der Waals surface area contributed by atoms with E-state index < -0.39 is 0 Å². The van der Waals surface area contributed by atoms with Crippen molar-refractivity contribution < 1.29 is 0 Å². The Balaban J connectivity index is 2.18. The summed E-state index contributed by atoms with van der Waals surface area (Å²) in [5.74, 6) is 2.08. The van der Waals surface area contributed by atoms with Crippen LogP contribution in [0.15, 0.2) is 12.4 Å². The van der Waals surface area contributed by atoms with Gasteiger partial charge in [0.1, 0.15) is 5.82 Å². The second-order valence-electron chi connectivity index (χ2n) is 5.37. The van der Waals surface area contributed by atoms with Gasteiger partial charge in [-0.15, -0.1) is 0 Å². The van der Waals surface area contributed by atoms with Crippen molar-refractivity contribution in [1.29, 1.82) is 5.26 Å². The molecule has 3 heteroatoms. The molecule has 1 fully saturated rings. The van der Waals surface area contributed by atoms with Crippen LogP contribution in [0.4, 0.5) is 0 Å². The summed E-state index contributed by atoms with van der Waals surface area (Å²) >= 11 is 0. The first-order valence-electron chi connectivity index (χ1n) is 7.21. The van der Waals surface area contributed by atoms with Crippen LogP contribution >= 0.6 is 0 Å². The van der Waals surface area contributed by atoms with Gasteiger partial charge in [0.05, 0.1) is 18.0 Å². The van der Waals surface area contributed by atoms with Crippen LogP contribution in [0, 0.1) is 23.2 Å². The molecule has 0 amide bonds. The van der Waals surface area contributed by atoms with Gasteiger partial charge in [-0.2, -0.15) is 5.26 Å². The van der Waals surface area contributed by atoms with Crippen molar-refractivity contribution in [2.75, 3.05) is 0 Å². The highest BCUT2D eigenvalue weighted by Gasteiger charge is 2.32. The highest BCUT2D eigenvalue weighted by molar-refractivity contribution is 5.02. The van der Waals surface area contributed by atoms with Crippen molar-refractivity contribution in [3.05, 3.63) is 18.2 Å². The average molecular weight is 245 g/mol. The number of hydrogen-bond acceptors (Lipinski definition) is 2. The molecule has 98 valence electrons. The van der Waals surface area contributed by atoms with Crippen molar-refractivity contribution in [2.45, 2.75) is 58.4 Å². The second kappa shape index (κ2) is 6.04. The first-order valence-corrected chi connectivity index (χ1v) is 7.21. The molecule has 0 N–H and O–H groups in total. The summed E-state index contributed by atoms with van der Waals surface area (Å²) in [7, 11) is 0. The topological polar surface area (TPSA) is 41.6 Å². The van der Waals surface area contributed by atoms with Crippen molar-refractivity contribution >= 4 is 0 Å². The van der Waals surface area contributed by atoms with Crippen LogP contribution in [0.5, 0.6) is 0 Å². The first-order chi connectivity index (χ1) is 8.80. The van der Waals surface area contributed by atoms with Gasteiger partial charge < -0.3 is 4.57 Å². The van der Waals surface area contributed by atoms with Crippen LogP contribution in [-0.4, -0.2) is 9.55 Å². The number of imidazole rings is 1. The molecule has 0 spiro atoms. The number of aromatic nitrogens is 2. The van der Waals surface area contributed by atoms with E-state index in [1.165, 1.54) is 19.3 Å². The molecule has 18 heavy (non-hydrogen) atoms. The van der Waals surface area contributed by atoms with E-state index in [0.29, 0.717) is 6.04 Å². The van der Waals surface area contributed by atoms with Crippen molar-refractivity contribution in [3.8, 4) is 6.07 Å². The molecule has 1 heterocycles. The fourth-order valence-electron chi connectivity index (χ4n) is 3.28. The zero-order valence-corrected chi connectivity index (χ0v) is 11.5. The summed E-state index contributed by atoms with van der Waals surface area (Å²) in [6.07, 6.45) is 10.8. The van der Waals surface area contributed by atoms with Crippen LogP contribution in [0.3, 0.4) is 0 Å². The molecule has 0 saturated heterocycles. The maximum absolute atomic E-state index is 9.36. The van der Waals surface area contributed by atoms with Gasteiger partial charge in [0.25, 0.3) is 0 Å². The van der Waals surface area contributed by atoms with E-state index in [2.05, 4.69) is 35.7 Å². The number of nitriles is 1. The summed E-state index contributed by atoms with van der Waals surface area (Å²) in [6.45, 7) is 4.38. The Labute approximate surface area is 110 Å². The van der Waals surface area contributed by atoms with Crippen molar-refractivity contribution in [2.24, 2.45) is 11.8 Å². The van der Waals surface area contributed by atoms with E-state index in [9.17, 15) is 5.26 Å². The molecule has 3 atom stereocenters. The van der Waals surface area contributed by atoms with Gasteiger partial charge in [0.15, 0.2) is 0 Å². The molecule has 0 bridgehead atoms. The van der Waals surface area contributed by atoms with Crippen LogP contribution in [0.2, 0.25) is 0 Å². The Bertz CT molecular complexity index is 416. The lowest BCUT2D eigenvalue weighted by Crippen LogP contribution is -2.27. The highest BCUT2D eigenvalue weighted by atomic mass is 15.1. The average Bonchev–Trinajstić information content (AvgIpc) is 2.87. The molecule has 1 aliphatic rings. The minimum Gasteiger partial charge on any atom is -0.331 e. The largest absolute Gasteiger partial charge is 0.331 e. The molecule has 1 aromatic rings. The van der Waals surface area contributed by atoms with Crippen molar-refractivity contribution in [3.63, 3.8) is 0 Å². The van der Waals surface area contributed by atoms with Gasteiger partial charge in [-0.05, 0) is 25.2 Å². The van der Waals surface area contributed by atoms with Crippen LogP contribution in [-0.2, 0) is 6.42 Å². The number of aryl methyl sites for hydroxylation is 1. The fourth-order valence-corrected chi connectivity index (χ4v) is 3.28. The van der Waals surface area contributed by atoms with E-state index >= 15 is 0 Å². The van der Waals surface area contributed by atoms with Gasteiger partial charge >= 0.3 is 0 Å². The number of rotatable bonds is 4. The molecule has 0 radical (unpaired) electrons. The van der Waals surface area contributed by atoms with Crippen LogP contribution < -0.4 is 0 Å². The standard InChI is InChI=1S/C15H23N3/c1-3-5-12-6-7-13(11-16)14(10-12)18-9-8-17-15(18)4-2/h8-9,12-14H,3-7,10H2,1-2H3. The molecule has 3 nitrogen and oxygen atoms in total. The summed E-state index contributed by atoms with van der Waals surface area (Å²) in [5, 5.41) is 9.36. The Hall–Kier alpha value is -1.30. The fraction of sp³-hybridized carbons (Fsp3) is 0.733. The lowest BCUT2D eigenvalue weighted by atomic mass is 9.77. The van der Waals surface area contributed by atoms with Gasteiger partial charge in [0.2, 0.25) is 0 Å². The zero-order valence-electron chi connectivity index (χ0n) is 11.5. The predicted octanol–water partition coefficient (Wildman–Crippen LogP) is 3.73. The zero-order chi connectivity index (χ0) is 13.0. The number of hydrogen-bond donors (Lipinski definition) is 0. The number of nitrogens with zero attached hydrogens (tertiary/aromatic N) is 3. The highest BCUT2D eigenvalue weighted by Crippen LogP contribution is 2.39. The Morgan fingerprint density at radius 1 is 1.44 bits per heavy atom. The lowest BCUT2D eigenvalue weighted by molar-refractivity contribution is 0.208. The normalized spacial score (nSPS) is 27.9. The van der Waals surface area contributed by atoms with E-state index in [4.69, 9.17) is 0 Å². The Morgan fingerprint density at radius 3 is 2.94 bits per heavy atom. The summed E-state index contributed by atoms with van der Waals surface area (Å²) in [5.41, 5.74) is 0. The third kappa shape index (κ3) is 2.58. The minimum absolute atomic E-state index is 0.164. The molecule has 0 aliphatic heterocycles. The third-order valence-electron chi connectivity index (χ3n) is 4.21. The van der Waals surface area contributed by atoms with E-state index in [0.717, 1.165) is 31.0 Å². The monoisotopic (exact) mass is 245 g/mol. The predicted molar refractivity (Wildman–Crippen MR) is 72.0 cm³/mol. The summed E-state index contributed by atoms with van der Waals surface area (Å²) in [6, 6.07) is 2.85. The SMILES string of the molecule is CCCC1CCC(C#N)C(n2ccnc2CC)C1. The Morgan fingerprint density at radius 2 is 2.28 bits per heavy atom. The Kier molecular flexibility index (Phi) is 4.41. The van der Waals surface area contributed by atoms with Gasteiger partial charge in [0, 0.05) is 18.8 Å². The van der Waals surface area contributed by atoms with E-state index in [1.54, 1.807) is 0 Å². The van der Waals surface area contributed by atoms with Gasteiger partial charge in [-0.25, -0.2) is 4.98 Å². The summed E-state index contributed by atoms with van der Waals surface area (Å²) < 4.78 is 2.26. The van der Waals surface area contributed by atoms with Gasteiger partial charge in [-0.1, -0.05) is 26.7 Å². The third-order valence-corrected chi connectivity index (χ3v) is 4.21. The van der Waals surface area contributed by atoms with Crippen molar-refractivity contribution in [1.82, 2.24) is 9.55 Å². The van der Waals surface area contributed by atoms with E-state index in [-0.39, 0.29) is 5.92 Å². The quantitative estimate of drug-likeness (QED) is 0.811. The molecule has 0 aromatic carbocycles. The van der Waals surface area contributed by atoms with Crippen LogP contribution in [0.1, 0.15) is 57.8 Å². The molecule has 3 unspecified atom stereocenters. The molecular formula is C15H23N3. The molecule has 1 aromatic heterocycles. The first kappa shape index (κ1) is 13.1. The van der Waals surface area contributed by atoms with Crippen LogP contribution in [0.25, 0.3) is 0 Å². The smallest absolute Gasteiger partial charge is 0.108 e. The molecule has 1 saturated carbocycles. The van der Waals surface area contributed by atoms with E-state index in [1.807, 2.05) is 6.20 Å². The maximum Gasteiger partial charge on any atom is 0.108 e.